The van der Waals surface area contributed by atoms with Crippen LogP contribution in [-0.4, -0.2) is 33.8 Å². The largest absolute Gasteiger partial charge is 0.361 e. The second kappa shape index (κ2) is 7.83. The van der Waals surface area contributed by atoms with E-state index in [0.29, 0.717) is 13.1 Å². The van der Waals surface area contributed by atoms with Crippen molar-refractivity contribution in [3.63, 3.8) is 0 Å². The van der Waals surface area contributed by atoms with E-state index in [-0.39, 0.29) is 5.82 Å². The highest BCUT2D eigenvalue weighted by Crippen LogP contribution is 2.19. The van der Waals surface area contributed by atoms with Gasteiger partial charge in [0.05, 0.1) is 12.2 Å². The first kappa shape index (κ1) is 17.0. The molecule has 132 valence electrons. The lowest BCUT2D eigenvalue weighted by Crippen LogP contribution is -2.38. The zero-order chi connectivity index (χ0) is 17.6. The zero-order valence-corrected chi connectivity index (χ0v) is 14.5. The standard InChI is InChI=1S/C18H23FN6/c1-3-20-18(23-12-15-7-9-24-25(15)2)21-8-6-13-11-22-17-5-4-14(19)10-16(13)17/h4-5,7,9-11,22H,3,6,8,12H2,1-2H3,(H2,20,21,23). The third-order valence-electron chi connectivity index (χ3n) is 4.08. The molecule has 0 saturated heterocycles. The molecule has 0 unspecified atom stereocenters. The molecule has 3 aromatic rings. The molecule has 0 amide bonds. The Morgan fingerprint density at radius 2 is 2.20 bits per heavy atom. The molecular weight excluding hydrogens is 319 g/mol. The van der Waals surface area contributed by atoms with E-state index in [9.17, 15) is 4.39 Å². The third kappa shape index (κ3) is 4.17. The van der Waals surface area contributed by atoms with Gasteiger partial charge >= 0.3 is 0 Å². The number of nitrogens with one attached hydrogen (secondary N) is 3. The average Bonchev–Trinajstić information content (AvgIpc) is 3.19. The number of aryl methyl sites for hydroxylation is 1. The maximum atomic E-state index is 13.4. The van der Waals surface area contributed by atoms with Crippen LogP contribution in [0.15, 0.2) is 41.7 Å². The van der Waals surface area contributed by atoms with Crippen LogP contribution in [0.3, 0.4) is 0 Å². The lowest BCUT2D eigenvalue weighted by Gasteiger charge is -2.11. The van der Waals surface area contributed by atoms with Gasteiger partial charge in [-0.1, -0.05) is 0 Å². The predicted molar refractivity (Wildman–Crippen MR) is 98.0 cm³/mol. The summed E-state index contributed by atoms with van der Waals surface area (Å²) in [6.07, 6.45) is 4.48. The summed E-state index contributed by atoms with van der Waals surface area (Å²) in [7, 11) is 1.90. The Morgan fingerprint density at radius 1 is 1.32 bits per heavy atom. The van der Waals surface area contributed by atoms with Crippen molar-refractivity contribution in [2.75, 3.05) is 13.1 Å². The molecule has 0 fully saturated rings. The fraction of sp³-hybridized carbons (Fsp3) is 0.333. The summed E-state index contributed by atoms with van der Waals surface area (Å²) in [5.41, 5.74) is 3.09. The molecule has 0 radical (unpaired) electrons. The number of hydrogen-bond acceptors (Lipinski definition) is 2. The van der Waals surface area contributed by atoms with Crippen molar-refractivity contribution in [3.8, 4) is 0 Å². The minimum atomic E-state index is -0.215. The van der Waals surface area contributed by atoms with Crippen molar-refractivity contribution in [2.24, 2.45) is 12.0 Å². The minimum absolute atomic E-state index is 0.215. The minimum Gasteiger partial charge on any atom is -0.361 e. The van der Waals surface area contributed by atoms with E-state index in [1.165, 1.54) is 6.07 Å². The number of benzene rings is 1. The molecule has 2 aromatic heterocycles. The molecule has 3 rings (SSSR count). The topological polar surface area (TPSA) is 70.0 Å². The maximum absolute atomic E-state index is 13.4. The molecule has 0 aliphatic heterocycles. The fourth-order valence-corrected chi connectivity index (χ4v) is 2.73. The van der Waals surface area contributed by atoms with Gasteiger partial charge in [0.15, 0.2) is 5.96 Å². The summed E-state index contributed by atoms with van der Waals surface area (Å²) in [5, 5.41) is 11.6. The number of nitrogens with zero attached hydrogens (tertiary/aromatic N) is 3. The van der Waals surface area contributed by atoms with Crippen molar-refractivity contribution < 1.29 is 4.39 Å². The van der Waals surface area contributed by atoms with Crippen molar-refractivity contribution >= 4 is 16.9 Å². The summed E-state index contributed by atoms with van der Waals surface area (Å²) in [6.45, 7) is 4.09. The van der Waals surface area contributed by atoms with Gasteiger partial charge in [-0.05, 0) is 43.2 Å². The highest BCUT2D eigenvalue weighted by atomic mass is 19.1. The molecule has 0 atom stereocenters. The van der Waals surface area contributed by atoms with Gasteiger partial charge in [-0.15, -0.1) is 0 Å². The first-order chi connectivity index (χ1) is 12.2. The van der Waals surface area contributed by atoms with Crippen LogP contribution >= 0.6 is 0 Å². The normalized spacial score (nSPS) is 11.9. The number of aromatic nitrogens is 3. The number of hydrogen-bond donors (Lipinski definition) is 3. The molecule has 7 heteroatoms. The zero-order valence-electron chi connectivity index (χ0n) is 14.5. The molecule has 0 saturated carbocycles. The smallest absolute Gasteiger partial charge is 0.191 e. The number of H-pyrrole nitrogens is 1. The molecule has 2 heterocycles. The predicted octanol–water partition coefficient (Wildman–Crippen LogP) is 2.34. The van der Waals surface area contributed by atoms with Crippen LogP contribution in [-0.2, 0) is 20.0 Å². The fourth-order valence-electron chi connectivity index (χ4n) is 2.73. The van der Waals surface area contributed by atoms with Gasteiger partial charge in [0.25, 0.3) is 0 Å². The van der Waals surface area contributed by atoms with E-state index < -0.39 is 0 Å². The number of halogens is 1. The van der Waals surface area contributed by atoms with Gasteiger partial charge in [0.2, 0.25) is 0 Å². The highest BCUT2D eigenvalue weighted by molar-refractivity contribution is 5.83. The van der Waals surface area contributed by atoms with Crippen LogP contribution in [0.25, 0.3) is 10.9 Å². The molecule has 3 N–H and O–H groups in total. The summed E-state index contributed by atoms with van der Waals surface area (Å²) in [5.74, 6) is 0.544. The number of aliphatic imine (C=N–C) groups is 1. The van der Waals surface area contributed by atoms with E-state index in [1.807, 2.05) is 30.9 Å². The van der Waals surface area contributed by atoms with Crippen LogP contribution in [0.4, 0.5) is 4.39 Å². The van der Waals surface area contributed by atoms with Crippen LogP contribution in [0, 0.1) is 5.82 Å². The molecule has 0 bridgehead atoms. The van der Waals surface area contributed by atoms with Gasteiger partial charge in [-0.2, -0.15) is 5.10 Å². The number of guanidine groups is 1. The second-order valence-corrected chi connectivity index (χ2v) is 5.82. The molecule has 0 aliphatic carbocycles. The summed E-state index contributed by atoms with van der Waals surface area (Å²) < 4.78 is 15.3. The third-order valence-corrected chi connectivity index (χ3v) is 4.08. The number of rotatable bonds is 6. The van der Waals surface area contributed by atoms with E-state index >= 15 is 0 Å². The van der Waals surface area contributed by atoms with Crippen molar-refractivity contribution in [3.05, 3.63) is 53.7 Å². The average molecular weight is 342 g/mol. The molecule has 0 spiro atoms. The number of aromatic amines is 1. The van der Waals surface area contributed by atoms with Crippen LogP contribution in [0.1, 0.15) is 18.2 Å². The van der Waals surface area contributed by atoms with E-state index in [0.717, 1.165) is 41.1 Å². The van der Waals surface area contributed by atoms with Crippen LogP contribution < -0.4 is 10.6 Å². The molecule has 25 heavy (non-hydrogen) atoms. The van der Waals surface area contributed by atoms with Gasteiger partial charge in [0.1, 0.15) is 5.82 Å². The van der Waals surface area contributed by atoms with Gasteiger partial charge in [-0.25, -0.2) is 9.38 Å². The first-order valence-electron chi connectivity index (χ1n) is 8.42. The van der Waals surface area contributed by atoms with Gasteiger partial charge in [0, 0.05) is 43.4 Å². The van der Waals surface area contributed by atoms with Crippen molar-refractivity contribution in [1.29, 1.82) is 0 Å². The molecule has 1 aromatic carbocycles. The van der Waals surface area contributed by atoms with E-state index in [4.69, 9.17) is 0 Å². The maximum Gasteiger partial charge on any atom is 0.191 e. The monoisotopic (exact) mass is 342 g/mol. The van der Waals surface area contributed by atoms with Crippen LogP contribution in [0.5, 0.6) is 0 Å². The second-order valence-electron chi connectivity index (χ2n) is 5.82. The SMILES string of the molecule is CCNC(=NCc1ccnn1C)NCCc1c[nH]c2ccc(F)cc12. The van der Waals surface area contributed by atoms with Crippen LogP contribution in [0.2, 0.25) is 0 Å². The Kier molecular flexibility index (Phi) is 5.33. The summed E-state index contributed by atoms with van der Waals surface area (Å²) >= 11 is 0. The molecule has 6 nitrogen and oxygen atoms in total. The summed E-state index contributed by atoms with van der Waals surface area (Å²) in [6, 6.07) is 6.76. The van der Waals surface area contributed by atoms with Gasteiger partial charge in [-0.3, -0.25) is 4.68 Å². The Bertz CT molecular complexity index is 863. The molecule has 0 aliphatic rings. The Labute approximate surface area is 146 Å². The first-order valence-corrected chi connectivity index (χ1v) is 8.42. The highest BCUT2D eigenvalue weighted by Gasteiger charge is 2.06. The Morgan fingerprint density at radius 3 is 2.96 bits per heavy atom. The van der Waals surface area contributed by atoms with Gasteiger partial charge < -0.3 is 15.6 Å². The Balaban J connectivity index is 1.61. The van der Waals surface area contributed by atoms with Crippen molar-refractivity contribution in [2.45, 2.75) is 19.9 Å². The lowest BCUT2D eigenvalue weighted by molar-refractivity contribution is 0.629. The number of fused-ring (bicyclic) bond motifs is 1. The van der Waals surface area contributed by atoms with E-state index in [1.54, 1.807) is 18.3 Å². The Hall–Kier alpha value is -2.83. The van der Waals surface area contributed by atoms with Crippen molar-refractivity contribution in [1.82, 2.24) is 25.4 Å². The lowest BCUT2D eigenvalue weighted by atomic mass is 10.1. The van der Waals surface area contributed by atoms with E-state index in [2.05, 4.69) is 25.7 Å². The molecular formula is C18H23FN6. The quantitative estimate of drug-likeness (QED) is 0.476. The summed E-state index contributed by atoms with van der Waals surface area (Å²) in [4.78, 5) is 7.76.